The minimum Gasteiger partial charge on any atom is -0.460 e. The van der Waals surface area contributed by atoms with Gasteiger partial charge in [0, 0.05) is 13.6 Å². The molecule has 0 unspecified atom stereocenters. The van der Waals surface area contributed by atoms with Gasteiger partial charge in [-0.1, -0.05) is 41.7 Å². The number of alkyl carbamates (subject to hydrolysis) is 1. The summed E-state index contributed by atoms with van der Waals surface area (Å²) in [5, 5.41) is 3.38. The summed E-state index contributed by atoms with van der Waals surface area (Å²) >= 11 is 1.46. The Kier molecular flexibility index (Phi) is 8.78. The van der Waals surface area contributed by atoms with Crippen molar-refractivity contribution in [2.45, 2.75) is 84.8 Å². The number of nitrogens with one attached hydrogen (secondary N) is 1. The van der Waals surface area contributed by atoms with E-state index < -0.39 is 22.7 Å². The number of hydrogen-bond acceptors (Lipinski definition) is 7. The highest BCUT2D eigenvalue weighted by Crippen LogP contribution is 2.43. The highest BCUT2D eigenvalue weighted by molar-refractivity contribution is 7.22. The molecule has 0 bridgehead atoms. The van der Waals surface area contributed by atoms with Crippen molar-refractivity contribution in [2.24, 2.45) is 5.41 Å². The van der Waals surface area contributed by atoms with E-state index >= 15 is 0 Å². The molecule has 41 heavy (non-hydrogen) atoms. The molecule has 8 nitrogen and oxygen atoms in total. The number of rotatable bonds is 8. The van der Waals surface area contributed by atoms with Gasteiger partial charge in [-0.25, -0.2) is 9.78 Å². The molecule has 2 amide bonds. The van der Waals surface area contributed by atoms with Crippen LogP contribution in [0.2, 0.25) is 0 Å². The van der Waals surface area contributed by atoms with Gasteiger partial charge in [0.1, 0.15) is 11.2 Å². The lowest BCUT2D eigenvalue weighted by molar-refractivity contribution is -0.159. The molecule has 220 valence electrons. The van der Waals surface area contributed by atoms with Crippen molar-refractivity contribution in [3.63, 3.8) is 0 Å². The lowest BCUT2D eigenvalue weighted by Crippen LogP contribution is -2.45. The van der Waals surface area contributed by atoms with Crippen molar-refractivity contribution in [3.05, 3.63) is 59.2 Å². The van der Waals surface area contributed by atoms with Crippen molar-refractivity contribution in [1.82, 2.24) is 10.3 Å². The van der Waals surface area contributed by atoms with Gasteiger partial charge < -0.3 is 14.8 Å². The Morgan fingerprint density at radius 2 is 1.61 bits per heavy atom. The van der Waals surface area contributed by atoms with Crippen LogP contribution in [0.25, 0.3) is 10.2 Å². The molecule has 1 heterocycles. The van der Waals surface area contributed by atoms with E-state index in [9.17, 15) is 14.4 Å². The lowest BCUT2D eigenvalue weighted by Gasteiger charge is -2.31. The zero-order chi connectivity index (χ0) is 30.0. The van der Waals surface area contributed by atoms with Gasteiger partial charge in [0.15, 0.2) is 5.13 Å². The number of thiazole rings is 1. The van der Waals surface area contributed by atoms with Crippen LogP contribution >= 0.6 is 11.3 Å². The highest BCUT2D eigenvalue weighted by atomic mass is 32.1. The number of carbonyl (C=O) groups excluding carboxylic acids is 3. The summed E-state index contributed by atoms with van der Waals surface area (Å²) in [5.74, 6) is -0.505. The molecule has 3 aromatic rings. The molecule has 0 atom stereocenters. The molecule has 1 aliphatic carbocycles. The smallest absolute Gasteiger partial charge is 0.407 e. The van der Waals surface area contributed by atoms with Gasteiger partial charge in [-0.3, -0.25) is 14.5 Å². The number of carbonyl (C=O) groups is 3. The Balaban J connectivity index is 1.47. The van der Waals surface area contributed by atoms with Gasteiger partial charge in [0.05, 0.1) is 22.1 Å². The molecule has 4 rings (SSSR count). The quantitative estimate of drug-likeness (QED) is 0.251. The Morgan fingerprint density at radius 1 is 0.976 bits per heavy atom. The van der Waals surface area contributed by atoms with Crippen LogP contribution in [0, 0.1) is 5.41 Å². The maximum atomic E-state index is 14.1. The number of ether oxygens (including phenoxy) is 2. The topological polar surface area (TPSA) is 97.8 Å². The van der Waals surface area contributed by atoms with Crippen LogP contribution in [-0.2, 0) is 38.3 Å². The molecular formula is C32H41N3O5S. The Hall–Kier alpha value is -3.46. The fourth-order valence-corrected chi connectivity index (χ4v) is 6.18. The van der Waals surface area contributed by atoms with Gasteiger partial charge >= 0.3 is 12.1 Å². The fraction of sp³-hybridized carbons (Fsp3) is 0.500. The van der Waals surface area contributed by atoms with Crippen LogP contribution in [0.3, 0.4) is 0 Å². The standard InChI is InChI=1S/C32H41N3O5S/c1-30(2,3)39-26(36)20-32(18-22-12-8-9-13-23(22)19-32)27(37)35(7)28-34-24-15-14-21(17-25(24)41-28)11-10-16-33-29(38)40-31(4,5)6/h8-9,12-15,17H,10-11,16,18-20H2,1-7H3,(H,33,38). The third-order valence-electron chi connectivity index (χ3n) is 6.88. The zero-order valence-corrected chi connectivity index (χ0v) is 25.9. The van der Waals surface area contributed by atoms with E-state index in [0.29, 0.717) is 24.5 Å². The first-order valence-electron chi connectivity index (χ1n) is 14.1. The Morgan fingerprint density at radius 3 is 2.22 bits per heavy atom. The van der Waals surface area contributed by atoms with Crippen LogP contribution < -0.4 is 10.2 Å². The number of aromatic nitrogens is 1. The SMILES string of the molecule is CN(C(=O)C1(CC(=O)OC(C)(C)C)Cc2ccccc2C1)c1nc2ccc(CCCNC(=O)OC(C)(C)C)cc2s1. The normalized spacial score (nSPS) is 14.4. The van der Waals surface area contributed by atoms with Crippen LogP contribution in [0.4, 0.5) is 9.93 Å². The minimum absolute atomic E-state index is 0.00843. The number of benzene rings is 2. The summed E-state index contributed by atoms with van der Waals surface area (Å²) in [7, 11) is 1.74. The van der Waals surface area contributed by atoms with Crippen LogP contribution in [0.5, 0.6) is 0 Å². The second kappa shape index (κ2) is 11.8. The number of aryl methyl sites for hydroxylation is 1. The Bertz CT molecular complexity index is 1410. The largest absolute Gasteiger partial charge is 0.460 e. The number of esters is 1. The molecule has 0 fully saturated rings. The van der Waals surface area contributed by atoms with Crippen molar-refractivity contribution in [3.8, 4) is 0 Å². The Labute approximate surface area is 246 Å². The third-order valence-corrected chi connectivity index (χ3v) is 7.97. The second-order valence-corrected chi connectivity index (χ2v) is 13.9. The highest BCUT2D eigenvalue weighted by Gasteiger charge is 2.48. The molecule has 0 radical (unpaired) electrons. The summed E-state index contributed by atoms with van der Waals surface area (Å²) in [6, 6.07) is 14.1. The molecule has 1 N–H and O–H groups in total. The molecule has 0 saturated heterocycles. The molecular weight excluding hydrogens is 538 g/mol. The van der Waals surface area contributed by atoms with Crippen LogP contribution in [0.15, 0.2) is 42.5 Å². The molecule has 1 aromatic heterocycles. The van der Waals surface area contributed by atoms with E-state index in [2.05, 4.69) is 11.4 Å². The zero-order valence-electron chi connectivity index (χ0n) is 25.1. The van der Waals surface area contributed by atoms with Crippen LogP contribution in [-0.4, -0.2) is 47.7 Å². The minimum atomic E-state index is -0.926. The number of fused-ring (bicyclic) bond motifs is 2. The van der Waals surface area contributed by atoms with Crippen molar-refractivity contribution in [2.75, 3.05) is 18.5 Å². The number of anilines is 1. The molecule has 0 aliphatic heterocycles. The number of hydrogen-bond donors (Lipinski definition) is 1. The first-order valence-corrected chi connectivity index (χ1v) is 14.9. The summed E-state index contributed by atoms with van der Waals surface area (Å²) in [6.45, 7) is 11.5. The fourth-order valence-electron chi connectivity index (χ4n) is 5.20. The first-order chi connectivity index (χ1) is 19.1. The van der Waals surface area contributed by atoms with Gasteiger partial charge in [-0.05, 0) is 96.0 Å². The lowest BCUT2D eigenvalue weighted by atomic mass is 9.80. The first kappa shape index (κ1) is 30.5. The summed E-state index contributed by atoms with van der Waals surface area (Å²) in [5.41, 5.74) is 2.04. The average molecular weight is 580 g/mol. The van der Waals surface area contributed by atoms with Gasteiger partial charge in [-0.2, -0.15) is 0 Å². The van der Waals surface area contributed by atoms with E-state index in [4.69, 9.17) is 14.5 Å². The predicted molar refractivity (Wildman–Crippen MR) is 162 cm³/mol. The van der Waals surface area contributed by atoms with Crippen molar-refractivity contribution in [1.29, 1.82) is 0 Å². The maximum Gasteiger partial charge on any atom is 0.407 e. The van der Waals surface area contributed by atoms with Crippen molar-refractivity contribution < 1.29 is 23.9 Å². The van der Waals surface area contributed by atoms with E-state index in [1.165, 1.54) is 11.3 Å². The summed E-state index contributed by atoms with van der Waals surface area (Å²) in [4.78, 5) is 45.3. The molecule has 0 saturated carbocycles. The van der Waals surface area contributed by atoms with E-state index in [-0.39, 0.29) is 18.3 Å². The van der Waals surface area contributed by atoms with Gasteiger partial charge in [0.2, 0.25) is 5.91 Å². The second-order valence-electron chi connectivity index (χ2n) is 12.9. The van der Waals surface area contributed by atoms with Gasteiger partial charge in [0.25, 0.3) is 0 Å². The van der Waals surface area contributed by atoms with E-state index in [1.807, 2.05) is 77.9 Å². The van der Waals surface area contributed by atoms with E-state index in [1.54, 1.807) is 11.9 Å². The summed E-state index contributed by atoms with van der Waals surface area (Å²) < 4.78 is 11.9. The maximum absolute atomic E-state index is 14.1. The molecule has 9 heteroatoms. The average Bonchev–Trinajstić information content (AvgIpc) is 3.44. The van der Waals surface area contributed by atoms with Crippen LogP contribution in [0.1, 0.15) is 71.1 Å². The van der Waals surface area contributed by atoms with E-state index in [0.717, 1.165) is 39.7 Å². The molecule has 2 aromatic carbocycles. The molecule has 1 aliphatic rings. The monoisotopic (exact) mass is 579 g/mol. The summed E-state index contributed by atoms with van der Waals surface area (Å²) in [6.07, 6.45) is 2.11. The van der Waals surface area contributed by atoms with Crippen molar-refractivity contribution >= 4 is 44.7 Å². The third kappa shape index (κ3) is 7.85. The predicted octanol–water partition coefficient (Wildman–Crippen LogP) is 6.23. The molecule has 0 spiro atoms. The number of amides is 2. The number of nitrogens with zero attached hydrogens (tertiary/aromatic N) is 2. The van der Waals surface area contributed by atoms with Gasteiger partial charge in [-0.15, -0.1) is 0 Å².